The van der Waals surface area contributed by atoms with Crippen LogP contribution in [0, 0.1) is 0 Å². The van der Waals surface area contributed by atoms with Crippen LogP contribution in [0.15, 0.2) is 0 Å². The summed E-state index contributed by atoms with van der Waals surface area (Å²) in [7, 11) is -8.98. The molecular formula is C30H62MgO8S2. The van der Waals surface area contributed by atoms with Gasteiger partial charge in [0.25, 0.3) is 0 Å². The van der Waals surface area contributed by atoms with E-state index in [1.807, 2.05) is 0 Å². The molecule has 0 aromatic rings. The number of hydrogen-bond donors (Lipinski definition) is 0. The Labute approximate surface area is 271 Å². The van der Waals surface area contributed by atoms with Gasteiger partial charge in [0.15, 0.2) is 0 Å². The van der Waals surface area contributed by atoms with Gasteiger partial charge in [0.1, 0.15) is 0 Å². The molecule has 0 fully saturated rings. The van der Waals surface area contributed by atoms with Gasteiger partial charge in [-0.05, 0) is 12.8 Å². The van der Waals surface area contributed by atoms with Gasteiger partial charge in [0, 0.05) is 0 Å². The molecule has 0 atom stereocenters. The third-order valence-corrected chi connectivity index (χ3v) is 7.86. The van der Waals surface area contributed by atoms with E-state index in [1.54, 1.807) is 0 Å². The summed E-state index contributed by atoms with van der Waals surface area (Å²) in [4.78, 5) is 0. The molecule has 0 rings (SSSR count). The van der Waals surface area contributed by atoms with Crippen LogP contribution in [0.25, 0.3) is 0 Å². The molecule has 0 radical (unpaired) electrons. The molecule has 0 aliphatic heterocycles. The summed E-state index contributed by atoms with van der Waals surface area (Å²) >= 11 is 0. The van der Waals surface area contributed by atoms with E-state index in [9.17, 15) is 25.9 Å². The smallest absolute Gasteiger partial charge is 0.726 e. The maximum absolute atomic E-state index is 10.2. The first-order valence-corrected chi connectivity index (χ1v) is 19.0. The maximum atomic E-state index is 10.2. The van der Waals surface area contributed by atoms with Crippen molar-refractivity contribution in [2.45, 2.75) is 181 Å². The van der Waals surface area contributed by atoms with Crippen molar-refractivity contribution in [1.29, 1.82) is 0 Å². The Balaban J connectivity index is -0.000000688. The minimum atomic E-state index is -4.49. The molecule has 0 aliphatic rings. The monoisotopic (exact) mass is 638 g/mol. The van der Waals surface area contributed by atoms with Crippen LogP contribution in [0.5, 0.6) is 0 Å². The van der Waals surface area contributed by atoms with Crippen LogP contribution in [0.2, 0.25) is 0 Å². The average molecular weight is 639 g/mol. The van der Waals surface area contributed by atoms with Gasteiger partial charge in [0.05, 0.1) is 13.2 Å². The van der Waals surface area contributed by atoms with E-state index in [2.05, 4.69) is 22.2 Å². The molecule has 0 heterocycles. The van der Waals surface area contributed by atoms with E-state index >= 15 is 0 Å². The summed E-state index contributed by atoms with van der Waals surface area (Å²) < 4.78 is 69.3. The molecule has 8 nitrogen and oxygen atoms in total. The van der Waals surface area contributed by atoms with Crippen molar-refractivity contribution in [3.63, 3.8) is 0 Å². The molecule has 0 amide bonds. The molecule has 0 saturated carbocycles. The fourth-order valence-corrected chi connectivity index (χ4v) is 5.21. The minimum Gasteiger partial charge on any atom is -0.726 e. The first kappa shape index (κ1) is 45.9. The third kappa shape index (κ3) is 50.4. The first-order chi connectivity index (χ1) is 19.1. The predicted molar refractivity (Wildman–Crippen MR) is 168 cm³/mol. The summed E-state index contributed by atoms with van der Waals surface area (Å²) in [5, 5.41) is 0. The molecule has 11 heteroatoms. The Kier molecular flexibility index (Phi) is 39.2. The second-order valence-corrected chi connectivity index (χ2v) is 13.1. The van der Waals surface area contributed by atoms with Gasteiger partial charge in [0.2, 0.25) is 20.8 Å². The van der Waals surface area contributed by atoms with Crippen molar-refractivity contribution in [1.82, 2.24) is 0 Å². The van der Waals surface area contributed by atoms with E-state index in [0.717, 1.165) is 25.7 Å². The van der Waals surface area contributed by atoms with Crippen molar-refractivity contribution in [3.8, 4) is 0 Å². The van der Waals surface area contributed by atoms with E-state index in [0.29, 0.717) is 12.8 Å². The van der Waals surface area contributed by atoms with Crippen LogP contribution in [0.4, 0.5) is 0 Å². The fourth-order valence-electron chi connectivity index (χ4n) is 4.56. The Morgan fingerprint density at radius 1 is 0.366 bits per heavy atom. The average Bonchev–Trinajstić information content (AvgIpc) is 2.88. The molecule has 0 aromatic heterocycles. The van der Waals surface area contributed by atoms with Crippen LogP contribution in [0.3, 0.4) is 0 Å². The van der Waals surface area contributed by atoms with Crippen molar-refractivity contribution < 1.29 is 34.3 Å². The zero-order valence-electron chi connectivity index (χ0n) is 26.6. The van der Waals surface area contributed by atoms with Crippen molar-refractivity contribution in [3.05, 3.63) is 0 Å². The molecular weight excluding hydrogens is 577 g/mol. The quantitative estimate of drug-likeness (QED) is 0.0330. The zero-order chi connectivity index (χ0) is 30.2. The number of rotatable bonds is 30. The minimum absolute atomic E-state index is 0. The third-order valence-electron chi connectivity index (χ3n) is 6.95. The summed E-state index contributed by atoms with van der Waals surface area (Å²) in [6, 6.07) is 0. The maximum Gasteiger partial charge on any atom is 2.00 e. The van der Waals surface area contributed by atoms with Gasteiger partial charge in [-0.3, -0.25) is 8.37 Å². The molecule has 0 aliphatic carbocycles. The molecule has 0 aromatic carbocycles. The van der Waals surface area contributed by atoms with Crippen LogP contribution in [-0.2, 0) is 29.2 Å². The van der Waals surface area contributed by atoms with Gasteiger partial charge in [-0.15, -0.1) is 0 Å². The Hall–Kier alpha value is 0.506. The van der Waals surface area contributed by atoms with E-state index in [1.165, 1.54) is 128 Å². The second kappa shape index (κ2) is 35.0. The van der Waals surface area contributed by atoms with E-state index in [-0.39, 0.29) is 36.3 Å². The predicted octanol–water partition coefficient (Wildman–Crippen LogP) is 8.73. The normalized spacial score (nSPS) is 11.6. The van der Waals surface area contributed by atoms with E-state index < -0.39 is 20.8 Å². The van der Waals surface area contributed by atoms with Crippen molar-refractivity contribution >= 4 is 43.9 Å². The van der Waals surface area contributed by atoms with Gasteiger partial charge < -0.3 is 9.11 Å². The van der Waals surface area contributed by atoms with E-state index in [4.69, 9.17) is 0 Å². The standard InChI is InChI=1S/2C15H32O4S.Mg/c2*1-2-3-4-5-6-7-8-9-10-11-12-13-14-15-19-20(16,17)18;/h2*2-15H2,1H3,(H,16,17,18);/q;;+2/p-2. The van der Waals surface area contributed by atoms with Gasteiger partial charge >= 0.3 is 23.1 Å². The Morgan fingerprint density at radius 3 is 0.707 bits per heavy atom. The van der Waals surface area contributed by atoms with Gasteiger partial charge in [-0.1, -0.05) is 168 Å². The van der Waals surface area contributed by atoms with Crippen LogP contribution in [0.1, 0.15) is 181 Å². The topological polar surface area (TPSA) is 133 Å². The zero-order valence-corrected chi connectivity index (χ0v) is 29.6. The van der Waals surface area contributed by atoms with Crippen molar-refractivity contribution in [2.24, 2.45) is 0 Å². The van der Waals surface area contributed by atoms with Crippen LogP contribution in [-0.4, -0.2) is 62.2 Å². The van der Waals surface area contributed by atoms with Gasteiger partial charge in [-0.25, -0.2) is 16.8 Å². The molecule has 41 heavy (non-hydrogen) atoms. The molecule has 0 spiro atoms. The Bertz CT molecular complexity index is 643. The molecule has 0 saturated heterocycles. The molecule has 0 bridgehead atoms. The van der Waals surface area contributed by atoms with Gasteiger partial charge in [-0.2, -0.15) is 0 Å². The largest absolute Gasteiger partial charge is 2.00 e. The first-order valence-electron chi connectivity index (χ1n) is 16.3. The number of hydrogen-bond acceptors (Lipinski definition) is 8. The van der Waals surface area contributed by atoms with Crippen molar-refractivity contribution in [2.75, 3.05) is 13.2 Å². The number of unbranched alkanes of at least 4 members (excludes halogenated alkanes) is 24. The summed E-state index contributed by atoms with van der Waals surface area (Å²) in [6.07, 6.45) is 31.9. The summed E-state index contributed by atoms with van der Waals surface area (Å²) in [6.45, 7) is 4.55. The second-order valence-electron chi connectivity index (χ2n) is 10.9. The Morgan fingerprint density at radius 2 is 0.537 bits per heavy atom. The van der Waals surface area contributed by atoms with Crippen LogP contribution >= 0.6 is 0 Å². The summed E-state index contributed by atoms with van der Waals surface area (Å²) in [5.74, 6) is 0. The SMILES string of the molecule is CCCCCCCCCCCCCCCOS(=O)(=O)[O-].CCCCCCCCCCCCCCCOS(=O)(=O)[O-].[Mg+2]. The van der Waals surface area contributed by atoms with Crippen LogP contribution < -0.4 is 0 Å². The summed E-state index contributed by atoms with van der Waals surface area (Å²) in [5.41, 5.74) is 0. The molecule has 0 unspecified atom stereocenters. The fraction of sp³-hybridized carbons (Fsp3) is 1.00. The molecule has 244 valence electrons. The molecule has 0 N–H and O–H groups in total.